The molecular weight excluding hydrogens is 250 g/mol. The summed E-state index contributed by atoms with van der Waals surface area (Å²) >= 11 is 0. The Morgan fingerprint density at radius 3 is 2.35 bits per heavy atom. The monoisotopic (exact) mass is 267 g/mol. The minimum atomic E-state index is -0.231. The van der Waals surface area contributed by atoms with E-state index in [9.17, 15) is 4.79 Å². The summed E-state index contributed by atoms with van der Waals surface area (Å²) < 4.78 is 0. The smallest absolute Gasteiger partial charge is 0.267 e. The van der Waals surface area contributed by atoms with Crippen LogP contribution >= 0.6 is 0 Å². The molecule has 1 heterocycles. The number of carbonyl (C=O) groups excluding carboxylic acids is 1. The van der Waals surface area contributed by atoms with Crippen LogP contribution in [0.2, 0.25) is 0 Å². The molecule has 0 unspecified atom stereocenters. The average Bonchev–Trinajstić information content (AvgIpc) is 2.50. The van der Waals surface area contributed by atoms with Crippen LogP contribution in [0.5, 0.6) is 0 Å². The number of aromatic nitrogens is 1. The van der Waals surface area contributed by atoms with E-state index >= 15 is 0 Å². The van der Waals surface area contributed by atoms with Gasteiger partial charge in [-0.1, -0.05) is 36.8 Å². The summed E-state index contributed by atoms with van der Waals surface area (Å²) in [6.07, 6.45) is 3.92. The van der Waals surface area contributed by atoms with Gasteiger partial charge < -0.3 is 0 Å². The van der Waals surface area contributed by atoms with E-state index in [0.29, 0.717) is 5.56 Å². The zero-order valence-corrected chi connectivity index (χ0v) is 11.6. The third-order valence-electron chi connectivity index (χ3n) is 2.95. The Morgan fingerprint density at radius 2 is 1.75 bits per heavy atom. The number of carbonyl (C=O) groups is 1. The molecule has 0 aliphatic carbocycles. The summed E-state index contributed by atoms with van der Waals surface area (Å²) in [5, 5.41) is 4.22. The van der Waals surface area contributed by atoms with Gasteiger partial charge in [0, 0.05) is 18.0 Å². The lowest BCUT2D eigenvalue weighted by molar-refractivity contribution is 0.0954. The standard InChI is InChI=1S/C16H17N3O/c1-3-15(13-6-4-12(2)5-7-13)18-19-16(20)14-8-10-17-11-9-14/h4-11H,3H2,1-2H3,(H,19,20)/b18-15-. The first-order valence-corrected chi connectivity index (χ1v) is 6.54. The summed E-state index contributed by atoms with van der Waals surface area (Å²) in [6, 6.07) is 11.4. The van der Waals surface area contributed by atoms with Gasteiger partial charge in [-0.05, 0) is 31.0 Å². The minimum Gasteiger partial charge on any atom is -0.267 e. The fourth-order valence-corrected chi connectivity index (χ4v) is 1.78. The van der Waals surface area contributed by atoms with Gasteiger partial charge >= 0.3 is 0 Å². The molecule has 4 heteroatoms. The highest BCUT2D eigenvalue weighted by Crippen LogP contribution is 2.07. The van der Waals surface area contributed by atoms with Gasteiger partial charge in [0.15, 0.2) is 0 Å². The summed E-state index contributed by atoms with van der Waals surface area (Å²) in [4.78, 5) is 15.8. The quantitative estimate of drug-likeness (QED) is 0.684. The van der Waals surface area contributed by atoms with E-state index in [4.69, 9.17) is 0 Å². The molecule has 102 valence electrons. The summed E-state index contributed by atoms with van der Waals surface area (Å²) in [6.45, 7) is 4.05. The molecule has 0 saturated carbocycles. The lowest BCUT2D eigenvalue weighted by Gasteiger charge is -2.05. The minimum absolute atomic E-state index is 0.231. The molecule has 1 aromatic carbocycles. The molecule has 0 aliphatic heterocycles. The van der Waals surface area contributed by atoms with E-state index in [-0.39, 0.29) is 5.91 Å². The van der Waals surface area contributed by atoms with Crippen molar-refractivity contribution in [3.63, 3.8) is 0 Å². The van der Waals surface area contributed by atoms with E-state index in [0.717, 1.165) is 17.7 Å². The Balaban J connectivity index is 2.12. The number of rotatable bonds is 4. The fourth-order valence-electron chi connectivity index (χ4n) is 1.78. The zero-order valence-electron chi connectivity index (χ0n) is 11.6. The van der Waals surface area contributed by atoms with Gasteiger partial charge in [0.05, 0.1) is 5.71 Å². The number of benzene rings is 1. The Morgan fingerprint density at radius 1 is 1.10 bits per heavy atom. The Kier molecular flexibility index (Phi) is 4.60. The van der Waals surface area contributed by atoms with Crippen molar-refractivity contribution in [1.29, 1.82) is 0 Å². The molecule has 2 aromatic rings. The molecular formula is C16H17N3O. The molecule has 0 atom stereocenters. The van der Waals surface area contributed by atoms with Crippen LogP contribution in [0.15, 0.2) is 53.9 Å². The van der Waals surface area contributed by atoms with Crippen molar-refractivity contribution in [2.45, 2.75) is 20.3 Å². The van der Waals surface area contributed by atoms with Crippen LogP contribution in [0.3, 0.4) is 0 Å². The van der Waals surface area contributed by atoms with Crippen LogP contribution in [0.25, 0.3) is 0 Å². The molecule has 2 rings (SSSR count). The second kappa shape index (κ2) is 6.61. The Bertz CT molecular complexity index is 603. The molecule has 0 saturated heterocycles. The molecule has 1 N–H and O–H groups in total. The van der Waals surface area contributed by atoms with Crippen molar-refractivity contribution in [2.75, 3.05) is 0 Å². The highest BCUT2D eigenvalue weighted by atomic mass is 16.2. The van der Waals surface area contributed by atoms with Crippen molar-refractivity contribution >= 4 is 11.6 Å². The van der Waals surface area contributed by atoms with Crippen molar-refractivity contribution in [3.8, 4) is 0 Å². The fraction of sp³-hybridized carbons (Fsp3) is 0.188. The number of nitrogens with zero attached hydrogens (tertiary/aromatic N) is 2. The van der Waals surface area contributed by atoms with Crippen LogP contribution in [-0.2, 0) is 0 Å². The highest BCUT2D eigenvalue weighted by molar-refractivity contribution is 6.02. The predicted molar refractivity (Wildman–Crippen MR) is 79.7 cm³/mol. The first-order chi connectivity index (χ1) is 9.70. The Labute approximate surface area is 118 Å². The first kappa shape index (κ1) is 13.9. The van der Waals surface area contributed by atoms with Crippen LogP contribution < -0.4 is 5.43 Å². The van der Waals surface area contributed by atoms with Crippen LogP contribution in [0, 0.1) is 6.92 Å². The lowest BCUT2D eigenvalue weighted by Crippen LogP contribution is -2.20. The predicted octanol–water partition coefficient (Wildman–Crippen LogP) is 2.93. The van der Waals surface area contributed by atoms with Gasteiger partial charge in [-0.3, -0.25) is 9.78 Å². The van der Waals surface area contributed by atoms with E-state index < -0.39 is 0 Å². The molecule has 4 nitrogen and oxygen atoms in total. The molecule has 0 bridgehead atoms. The van der Waals surface area contributed by atoms with E-state index in [1.807, 2.05) is 38.1 Å². The van der Waals surface area contributed by atoms with E-state index in [2.05, 4.69) is 15.5 Å². The maximum Gasteiger partial charge on any atom is 0.271 e. The van der Waals surface area contributed by atoms with Crippen LogP contribution in [-0.4, -0.2) is 16.6 Å². The summed E-state index contributed by atoms with van der Waals surface area (Å²) in [5.74, 6) is -0.231. The second-order valence-electron chi connectivity index (χ2n) is 4.45. The van der Waals surface area contributed by atoms with Gasteiger partial charge in [0.25, 0.3) is 5.91 Å². The van der Waals surface area contributed by atoms with Gasteiger partial charge in [-0.2, -0.15) is 5.10 Å². The molecule has 1 amide bonds. The maximum atomic E-state index is 11.9. The summed E-state index contributed by atoms with van der Waals surface area (Å²) in [7, 11) is 0. The lowest BCUT2D eigenvalue weighted by atomic mass is 10.1. The van der Waals surface area contributed by atoms with Gasteiger partial charge in [0.1, 0.15) is 0 Å². The molecule has 0 aliphatic rings. The Hall–Kier alpha value is -2.49. The largest absolute Gasteiger partial charge is 0.271 e. The van der Waals surface area contributed by atoms with Gasteiger partial charge in [0.2, 0.25) is 0 Å². The van der Waals surface area contributed by atoms with Crippen molar-refractivity contribution in [1.82, 2.24) is 10.4 Å². The molecule has 1 aromatic heterocycles. The number of amides is 1. The topological polar surface area (TPSA) is 54.4 Å². The highest BCUT2D eigenvalue weighted by Gasteiger charge is 2.05. The van der Waals surface area contributed by atoms with Crippen molar-refractivity contribution in [3.05, 3.63) is 65.5 Å². The van der Waals surface area contributed by atoms with Crippen molar-refractivity contribution in [2.24, 2.45) is 5.10 Å². The third-order valence-corrected chi connectivity index (χ3v) is 2.95. The molecule has 0 fully saturated rings. The maximum absolute atomic E-state index is 11.9. The number of pyridine rings is 1. The van der Waals surface area contributed by atoms with Gasteiger partial charge in [-0.15, -0.1) is 0 Å². The van der Waals surface area contributed by atoms with Crippen LogP contribution in [0.4, 0.5) is 0 Å². The SMILES string of the molecule is CC/C(=N/NC(=O)c1ccncc1)c1ccc(C)cc1. The molecule has 0 spiro atoms. The van der Waals surface area contributed by atoms with E-state index in [1.165, 1.54) is 5.56 Å². The van der Waals surface area contributed by atoms with Crippen molar-refractivity contribution < 1.29 is 4.79 Å². The number of hydrogen-bond donors (Lipinski definition) is 1. The average molecular weight is 267 g/mol. The van der Waals surface area contributed by atoms with Gasteiger partial charge in [-0.25, -0.2) is 5.43 Å². The zero-order chi connectivity index (χ0) is 14.4. The molecule has 20 heavy (non-hydrogen) atoms. The number of nitrogens with one attached hydrogen (secondary N) is 1. The second-order valence-corrected chi connectivity index (χ2v) is 4.45. The summed E-state index contributed by atoms with van der Waals surface area (Å²) in [5.41, 5.74) is 6.20. The number of aryl methyl sites for hydroxylation is 1. The number of hydrazone groups is 1. The molecule has 0 radical (unpaired) electrons. The van der Waals surface area contributed by atoms with E-state index in [1.54, 1.807) is 24.5 Å². The normalized spacial score (nSPS) is 11.2. The first-order valence-electron chi connectivity index (χ1n) is 6.54. The van der Waals surface area contributed by atoms with Crippen LogP contribution in [0.1, 0.15) is 34.8 Å². The number of hydrogen-bond acceptors (Lipinski definition) is 3. The third kappa shape index (κ3) is 3.51.